The van der Waals surface area contributed by atoms with Gasteiger partial charge in [0.15, 0.2) is 5.82 Å². The van der Waals surface area contributed by atoms with E-state index in [2.05, 4.69) is 20.7 Å². The molecule has 1 heterocycles. The van der Waals surface area contributed by atoms with Crippen molar-refractivity contribution in [2.24, 2.45) is 7.05 Å². The zero-order valence-electron chi connectivity index (χ0n) is 8.45. The maximum atomic E-state index is 10.8. The topological polar surface area (TPSA) is 71.8 Å². The summed E-state index contributed by atoms with van der Waals surface area (Å²) >= 11 is 0. The Bertz CT molecular complexity index is 296. The van der Waals surface area contributed by atoms with Crippen LogP contribution < -0.4 is 10.6 Å². The zero-order valence-corrected chi connectivity index (χ0v) is 8.45. The molecule has 0 fully saturated rings. The molecule has 0 aliphatic heterocycles. The number of carbonyl (C=O) groups is 1. The van der Waals surface area contributed by atoms with Gasteiger partial charge in [0.2, 0.25) is 5.91 Å². The van der Waals surface area contributed by atoms with Crippen molar-refractivity contribution < 1.29 is 4.79 Å². The van der Waals surface area contributed by atoms with Crippen LogP contribution in [0, 0.1) is 0 Å². The molecule has 0 aliphatic carbocycles. The smallest absolute Gasteiger partial charge is 0.233 e. The highest BCUT2D eigenvalue weighted by Gasteiger charge is 1.99. The number of rotatable bonds is 5. The van der Waals surface area contributed by atoms with Crippen molar-refractivity contribution in [2.75, 3.05) is 20.1 Å². The van der Waals surface area contributed by atoms with Gasteiger partial charge in [0, 0.05) is 27.1 Å². The second kappa shape index (κ2) is 5.33. The summed E-state index contributed by atoms with van der Waals surface area (Å²) in [7, 11) is 3.44. The van der Waals surface area contributed by atoms with Crippen molar-refractivity contribution in [2.45, 2.75) is 6.42 Å². The monoisotopic (exact) mass is 197 g/mol. The molecule has 1 aromatic heterocycles. The van der Waals surface area contributed by atoms with Crippen molar-refractivity contribution in [3.8, 4) is 0 Å². The molecule has 0 saturated carbocycles. The average molecular weight is 197 g/mol. The number of nitrogens with one attached hydrogen (secondary N) is 2. The molecule has 0 unspecified atom stereocenters. The molecule has 1 amide bonds. The lowest BCUT2D eigenvalue weighted by molar-refractivity contribution is -0.119. The first kappa shape index (κ1) is 10.6. The van der Waals surface area contributed by atoms with E-state index in [1.165, 1.54) is 0 Å². The molecule has 0 atom stereocenters. The molecule has 0 aliphatic rings. The van der Waals surface area contributed by atoms with Gasteiger partial charge in [-0.3, -0.25) is 9.48 Å². The van der Waals surface area contributed by atoms with Gasteiger partial charge in [-0.2, -0.15) is 5.10 Å². The van der Waals surface area contributed by atoms with Gasteiger partial charge in [0.05, 0.1) is 6.54 Å². The molecule has 1 rings (SSSR count). The molecule has 78 valence electrons. The summed E-state index contributed by atoms with van der Waals surface area (Å²) in [4.78, 5) is 14.9. The van der Waals surface area contributed by atoms with Crippen LogP contribution in [0.3, 0.4) is 0 Å². The highest BCUT2D eigenvalue weighted by molar-refractivity contribution is 5.77. The van der Waals surface area contributed by atoms with Gasteiger partial charge in [0.1, 0.15) is 6.33 Å². The van der Waals surface area contributed by atoms with Gasteiger partial charge in [-0.15, -0.1) is 0 Å². The molecule has 6 heteroatoms. The van der Waals surface area contributed by atoms with Crippen molar-refractivity contribution in [3.63, 3.8) is 0 Å². The van der Waals surface area contributed by atoms with E-state index < -0.39 is 0 Å². The van der Waals surface area contributed by atoms with Crippen molar-refractivity contribution in [1.29, 1.82) is 0 Å². The molecule has 6 nitrogen and oxygen atoms in total. The van der Waals surface area contributed by atoms with E-state index >= 15 is 0 Å². The predicted molar refractivity (Wildman–Crippen MR) is 51.6 cm³/mol. The number of aromatic nitrogens is 3. The molecule has 0 spiro atoms. The Kier molecular flexibility index (Phi) is 4.06. The fraction of sp³-hybridized carbons (Fsp3) is 0.625. The lowest BCUT2D eigenvalue weighted by Gasteiger charge is -2.00. The van der Waals surface area contributed by atoms with Gasteiger partial charge in [-0.1, -0.05) is 0 Å². The summed E-state index contributed by atoms with van der Waals surface area (Å²) in [5.74, 6) is 0.774. The standard InChI is InChI=1S/C8H15N5O/c1-9-8(14)5-10-4-3-7-11-6-13(2)12-7/h6,10H,3-5H2,1-2H3,(H,9,14). The third kappa shape index (κ3) is 3.53. The van der Waals surface area contributed by atoms with E-state index in [0.717, 1.165) is 12.2 Å². The molecule has 2 N–H and O–H groups in total. The number of aryl methyl sites for hydroxylation is 1. The molecule has 1 aromatic rings. The maximum Gasteiger partial charge on any atom is 0.233 e. The lowest BCUT2D eigenvalue weighted by atomic mass is 10.4. The van der Waals surface area contributed by atoms with E-state index in [1.54, 1.807) is 18.1 Å². The number of carbonyl (C=O) groups excluding carboxylic acids is 1. The maximum absolute atomic E-state index is 10.8. The van der Waals surface area contributed by atoms with Crippen LogP contribution in [0.2, 0.25) is 0 Å². The zero-order chi connectivity index (χ0) is 10.4. The number of hydrogen-bond acceptors (Lipinski definition) is 4. The van der Waals surface area contributed by atoms with Crippen molar-refractivity contribution in [3.05, 3.63) is 12.2 Å². The van der Waals surface area contributed by atoms with Crippen LogP contribution in [0.1, 0.15) is 5.82 Å². The molecule has 0 radical (unpaired) electrons. The average Bonchev–Trinajstić information content (AvgIpc) is 2.58. The van der Waals surface area contributed by atoms with Gasteiger partial charge in [-0.05, 0) is 0 Å². The minimum Gasteiger partial charge on any atom is -0.358 e. The third-order valence-electron chi connectivity index (χ3n) is 1.74. The number of amides is 1. The molecule has 0 saturated heterocycles. The fourth-order valence-corrected chi connectivity index (χ4v) is 0.989. The quantitative estimate of drug-likeness (QED) is 0.575. The minimum absolute atomic E-state index is 0.0148. The Morgan fingerprint density at radius 1 is 1.64 bits per heavy atom. The molecule has 0 bridgehead atoms. The summed E-state index contributed by atoms with van der Waals surface area (Å²) in [6, 6.07) is 0. The molecule has 14 heavy (non-hydrogen) atoms. The first-order valence-corrected chi connectivity index (χ1v) is 4.48. The van der Waals surface area contributed by atoms with E-state index in [-0.39, 0.29) is 5.91 Å². The van der Waals surface area contributed by atoms with E-state index in [0.29, 0.717) is 13.1 Å². The normalized spacial score (nSPS) is 10.1. The fourth-order valence-electron chi connectivity index (χ4n) is 0.989. The van der Waals surface area contributed by atoms with Crippen molar-refractivity contribution >= 4 is 5.91 Å². The number of nitrogens with zero attached hydrogens (tertiary/aromatic N) is 3. The second-order valence-corrected chi connectivity index (χ2v) is 2.93. The highest BCUT2D eigenvalue weighted by Crippen LogP contribution is 1.87. The largest absolute Gasteiger partial charge is 0.358 e. The van der Waals surface area contributed by atoms with Gasteiger partial charge >= 0.3 is 0 Å². The Balaban J connectivity index is 2.13. The van der Waals surface area contributed by atoms with E-state index in [4.69, 9.17) is 0 Å². The Morgan fingerprint density at radius 2 is 2.43 bits per heavy atom. The number of hydrogen-bond donors (Lipinski definition) is 2. The van der Waals surface area contributed by atoms with Gasteiger partial charge in [-0.25, -0.2) is 4.98 Å². The highest BCUT2D eigenvalue weighted by atomic mass is 16.1. The van der Waals surface area contributed by atoms with Crippen LogP contribution >= 0.6 is 0 Å². The first-order chi connectivity index (χ1) is 6.72. The van der Waals surface area contributed by atoms with Gasteiger partial charge in [0.25, 0.3) is 0 Å². The van der Waals surface area contributed by atoms with Crippen LogP contribution in [-0.2, 0) is 18.3 Å². The summed E-state index contributed by atoms with van der Waals surface area (Å²) in [6.45, 7) is 1.04. The summed E-state index contributed by atoms with van der Waals surface area (Å²) in [5, 5.41) is 9.64. The molecular formula is C8H15N5O. The second-order valence-electron chi connectivity index (χ2n) is 2.93. The van der Waals surface area contributed by atoms with Crippen LogP contribution in [-0.4, -0.2) is 40.8 Å². The van der Waals surface area contributed by atoms with Gasteiger partial charge < -0.3 is 10.6 Å². The van der Waals surface area contributed by atoms with Crippen LogP contribution in [0.25, 0.3) is 0 Å². The van der Waals surface area contributed by atoms with Crippen LogP contribution in [0.15, 0.2) is 6.33 Å². The Morgan fingerprint density at radius 3 is 3.00 bits per heavy atom. The predicted octanol–water partition coefficient (Wildman–Crippen LogP) is -1.31. The minimum atomic E-state index is -0.0148. The van der Waals surface area contributed by atoms with E-state index in [9.17, 15) is 4.79 Å². The van der Waals surface area contributed by atoms with E-state index in [1.807, 2.05) is 7.05 Å². The third-order valence-corrected chi connectivity index (χ3v) is 1.74. The van der Waals surface area contributed by atoms with Crippen LogP contribution in [0.4, 0.5) is 0 Å². The SMILES string of the molecule is CNC(=O)CNCCc1ncn(C)n1. The summed E-state index contributed by atoms with van der Waals surface area (Å²) in [5.41, 5.74) is 0. The molecule has 0 aromatic carbocycles. The Labute approximate surface area is 82.7 Å². The van der Waals surface area contributed by atoms with Crippen molar-refractivity contribution in [1.82, 2.24) is 25.4 Å². The van der Waals surface area contributed by atoms with Crippen LogP contribution in [0.5, 0.6) is 0 Å². The number of likely N-dealkylation sites (N-methyl/N-ethyl adjacent to an activating group) is 1. The Hall–Kier alpha value is -1.43. The summed E-state index contributed by atoms with van der Waals surface area (Å²) in [6.07, 6.45) is 2.39. The molecular weight excluding hydrogens is 182 g/mol. The first-order valence-electron chi connectivity index (χ1n) is 4.48. The lowest BCUT2D eigenvalue weighted by Crippen LogP contribution is -2.32. The summed E-state index contributed by atoms with van der Waals surface area (Å²) < 4.78 is 1.66.